The maximum atomic E-state index is 8.89. The zero-order valence-corrected chi connectivity index (χ0v) is 4.70. The molecule has 0 aliphatic rings. The molecule has 0 unspecified atom stereocenters. The van der Waals surface area contributed by atoms with E-state index in [1.54, 1.807) is 18.2 Å². The Kier molecular flexibility index (Phi) is 1.37. The van der Waals surface area contributed by atoms with Gasteiger partial charge in [0.2, 0.25) is 0 Å². The van der Waals surface area contributed by atoms with E-state index in [1.807, 2.05) is 6.07 Å². The molecule has 1 rings (SSSR count). The molecule has 0 aliphatic heterocycles. The molecule has 0 atom stereocenters. The molecule has 0 aromatic heterocycles. The Labute approximate surface area is 53.5 Å². The number of nitriles is 1. The van der Waals surface area contributed by atoms with E-state index >= 15 is 0 Å². The van der Waals surface area contributed by atoms with Crippen LogP contribution in [-0.2, 0) is 0 Å². The van der Waals surface area contributed by atoms with Crippen molar-refractivity contribution >= 4 is 5.69 Å². The average molecular weight is 116 g/mol. The summed E-state index contributed by atoms with van der Waals surface area (Å²) in [7, 11) is 0. The normalized spacial score (nSPS) is 8.33. The van der Waals surface area contributed by atoms with Crippen LogP contribution in [0.15, 0.2) is 24.3 Å². The minimum atomic E-state index is 0.0417. The Hall–Kier alpha value is -1.49. The molecule has 0 spiro atoms. The van der Waals surface area contributed by atoms with E-state index in [1.165, 1.54) is 6.07 Å². The van der Waals surface area contributed by atoms with E-state index in [9.17, 15) is 0 Å². The molecule has 0 saturated heterocycles. The Balaban J connectivity index is 3.20. The standard InChI is InChI=1S/C7H4N2/c8-5-6-3-1-2-4-7(6)9/h1-4H. The molecule has 0 saturated carbocycles. The van der Waals surface area contributed by atoms with Gasteiger partial charge in [-0.2, -0.15) is 5.26 Å². The van der Waals surface area contributed by atoms with Gasteiger partial charge >= 0.3 is 0 Å². The van der Waals surface area contributed by atoms with Crippen molar-refractivity contribution < 1.29 is 0 Å². The van der Waals surface area contributed by atoms with Crippen LogP contribution in [0.1, 0.15) is 5.56 Å². The van der Waals surface area contributed by atoms with E-state index < -0.39 is 0 Å². The summed E-state index contributed by atoms with van der Waals surface area (Å²) in [5.74, 6) is 0. The third-order valence-corrected chi connectivity index (χ3v) is 1.02. The van der Waals surface area contributed by atoms with E-state index in [2.05, 4.69) is 0 Å². The molecule has 0 bridgehead atoms. The quantitative estimate of drug-likeness (QED) is 0.503. The summed E-state index contributed by atoms with van der Waals surface area (Å²) in [4.78, 5) is 0. The van der Waals surface area contributed by atoms with Gasteiger partial charge in [-0.25, -0.2) is 0 Å². The lowest BCUT2D eigenvalue weighted by atomic mass is 10.2. The summed E-state index contributed by atoms with van der Waals surface area (Å²) >= 11 is 0. The molecule has 0 aliphatic carbocycles. The highest BCUT2D eigenvalue weighted by molar-refractivity contribution is 5.50. The fraction of sp³-hybridized carbons (Fsp3) is 0. The van der Waals surface area contributed by atoms with Gasteiger partial charge in [-0.15, -0.1) is 5.73 Å². The molecular formula is C7H4N2. The van der Waals surface area contributed by atoms with Crippen molar-refractivity contribution in [2.45, 2.75) is 0 Å². The highest BCUT2D eigenvalue weighted by Crippen LogP contribution is 2.09. The van der Waals surface area contributed by atoms with Gasteiger partial charge in [-0.1, -0.05) is 12.1 Å². The van der Waals surface area contributed by atoms with Crippen molar-refractivity contribution in [3.05, 3.63) is 29.8 Å². The highest BCUT2D eigenvalue weighted by Gasteiger charge is 1.93. The zero-order valence-electron chi connectivity index (χ0n) is 4.70. The van der Waals surface area contributed by atoms with E-state index in [-0.39, 0.29) is 5.69 Å². The van der Waals surface area contributed by atoms with Crippen molar-refractivity contribution in [2.24, 2.45) is 0 Å². The topological polar surface area (TPSA) is 46.1 Å². The van der Waals surface area contributed by atoms with Crippen LogP contribution in [0.5, 0.6) is 0 Å². The van der Waals surface area contributed by atoms with Gasteiger partial charge in [0.25, 0.3) is 0 Å². The van der Waals surface area contributed by atoms with Crippen LogP contribution in [0.3, 0.4) is 0 Å². The van der Waals surface area contributed by atoms with Gasteiger partial charge in [0.15, 0.2) is 0 Å². The number of hydrogen-bond acceptors (Lipinski definition) is 1. The Morgan fingerprint density at radius 1 is 1.22 bits per heavy atom. The molecule has 9 heavy (non-hydrogen) atoms. The predicted octanol–water partition coefficient (Wildman–Crippen LogP) is 1.26. The first-order chi connectivity index (χ1) is 4.34. The molecule has 0 heterocycles. The maximum absolute atomic E-state index is 8.89. The smallest absolute Gasteiger partial charge is 0.103 e. The minimum Gasteiger partial charge on any atom is -0.192 e. The molecule has 1 aromatic carbocycles. The largest absolute Gasteiger partial charge is 0.192 e. The molecule has 1 aromatic rings. The second kappa shape index (κ2) is 2.19. The maximum Gasteiger partial charge on any atom is 0.103 e. The second-order valence-corrected chi connectivity index (χ2v) is 1.63. The van der Waals surface area contributed by atoms with Crippen molar-refractivity contribution in [3.8, 4) is 6.07 Å². The average Bonchev–Trinajstić information content (AvgIpc) is 1.89. The van der Waals surface area contributed by atoms with Gasteiger partial charge < -0.3 is 0 Å². The van der Waals surface area contributed by atoms with Crippen LogP contribution in [-0.4, -0.2) is 0 Å². The third-order valence-electron chi connectivity index (χ3n) is 1.02. The lowest BCUT2D eigenvalue weighted by molar-refractivity contribution is 1.42. The highest BCUT2D eigenvalue weighted by atomic mass is 14.6. The summed E-state index contributed by atoms with van der Waals surface area (Å²) in [6.45, 7) is 0. The fourth-order valence-electron chi connectivity index (χ4n) is 0.568. The number of rotatable bonds is 0. The monoisotopic (exact) mass is 116 g/mol. The summed E-state index contributed by atoms with van der Waals surface area (Å²) in [6.07, 6.45) is 0. The number of nitrogens with zero attached hydrogens (tertiary/aromatic N) is 2. The lowest BCUT2D eigenvalue weighted by Gasteiger charge is -1.87. The number of benzene rings is 1. The van der Waals surface area contributed by atoms with Gasteiger partial charge in [0, 0.05) is 0 Å². The molecule has 2 heteroatoms. The molecule has 42 valence electrons. The van der Waals surface area contributed by atoms with E-state index in [4.69, 9.17) is 11.0 Å². The Morgan fingerprint density at radius 3 is 2.33 bits per heavy atom. The van der Waals surface area contributed by atoms with Crippen molar-refractivity contribution in [2.75, 3.05) is 0 Å². The Morgan fingerprint density at radius 2 is 1.89 bits per heavy atom. The Bertz CT molecular complexity index is 247. The predicted molar refractivity (Wildman–Crippen MR) is 33.0 cm³/mol. The fourth-order valence-corrected chi connectivity index (χ4v) is 0.568. The van der Waals surface area contributed by atoms with Gasteiger partial charge in [0.1, 0.15) is 11.8 Å². The van der Waals surface area contributed by atoms with Crippen LogP contribution >= 0.6 is 0 Å². The molecule has 0 N–H and O–H groups in total. The molecule has 2 radical (unpaired) electrons. The summed E-state index contributed by atoms with van der Waals surface area (Å²) < 4.78 is 0. The van der Waals surface area contributed by atoms with Crippen LogP contribution in [0, 0.1) is 11.3 Å². The first-order valence-corrected chi connectivity index (χ1v) is 2.52. The van der Waals surface area contributed by atoms with Gasteiger partial charge in [-0.05, 0) is 12.1 Å². The molecule has 0 amide bonds. The summed E-state index contributed by atoms with van der Waals surface area (Å²) in [5.41, 5.74) is 9.25. The summed E-state index contributed by atoms with van der Waals surface area (Å²) in [5, 5.41) is 8.31. The molecular weight excluding hydrogens is 112 g/mol. The zero-order chi connectivity index (χ0) is 6.69. The van der Waals surface area contributed by atoms with E-state index in [0.29, 0.717) is 5.56 Å². The van der Waals surface area contributed by atoms with Crippen LogP contribution < -0.4 is 5.73 Å². The van der Waals surface area contributed by atoms with Crippen LogP contribution in [0.2, 0.25) is 0 Å². The first-order valence-electron chi connectivity index (χ1n) is 2.52. The molecule has 2 nitrogen and oxygen atoms in total. The summed E-state index contributed by atoms with van der Waals surface area (Å²) in [6, 6.07) is 8.28. The third kappa shape index (κ3) is 1.000. The van der Waals surface area contributed by atoms with Crippen molar-refractivity contribution in [3.63, 3.8) is 0 Å². The van der Waals surface area contributed by atoms with Crippen molar-refractivity contribution in [1.29, 1.82) is 5.26 Å². The minimum absolute atomic E-state index is 0.0417. The first kappa shape index (κ1) is 5.64. The van der Waals surface area contributed by atoms with Crippen LogP contribution in [0.4, 0.5) is 5.69 Å². The second-order valence-electron chi connectivity index (χ2n) is 1.63. The van der Waals surface area contributed by atoms with E-state index in [0.717, 1.165) is 0 Å². The van der Waals surface area contributed by atoms with Gasteiger partial charge in [-0.3, -0.25) is 0 Å². The SMILES string of the molecule is [N]c1ccccc1C#N. The van der Waals surface area contributed by atoms with Gasteiger partial charge in [0.05, 0.1) is 5.56 Å². The van der Waals surface area contributed by atoms with Crippen molar-refractivity contribution in [1.82, 2.24) is 5.73 Å². The number of hydrogen-bond donors (Lipinski definition) is 0. The van der Waals surface area contributed by atoms with Crippen LogP contribution in [0.25, 0.3) is 0 Å². The lowest BCUT2D eigenvalue weighted by Crippen LogP contribution is -1.75. The molecule has 0 fully saturated rings.